The van der Waals surface area contributed by atoms with Gasteiger partial charge in [0.25, 0.3) is 0 Å². The molecule has 5 heteroatoms. The van der Waals surface area contributed by atoms with Crippen LogP contribution in [-0.2, 0) is 5.41 Å². The van der Waals surface area contributed by atoms with Crippen LogP contribution >= 0.6 is 15.9 Å². The standard InChI is InChI=1S/C14H17BrN2O2/c1-14(2,3)10-6-8(15)5-9(13(10)18-4)11-7-12(16)17-19-11/h5-7H,1-4H3,(H2,16,17). The Morgan fingerprint density at radius 1 is 1.26 bits per heavy atom. The summed E-state index contributed by atoms with van der Waals surface area (Å²) in [6.45, 7) is 6.40. The van der Waals surface area contributed by atoms with Crippen molar-refractivity contribution in [3.05, 3.63) is 28.2 Å². The first-order valence-corrected chi connectivity index (χ1v) is 6.73. The molecule has 0 aliphatic rings. The van der Waals surface area contributed by atoms with Crippen LogP contribution in [0.5, 0.6) is 5.75 Å². The molecule has 19 heavy (non-hydrogen) atoms. The van der Waals surface area contributed by atoms with Gasteiger partial charge < -0.3 is 15.0 Å². The molecule has 0 fully saturated rings. The lowest BCUT2D eigenvalue weighted by molar-refractivity contribution is 0.393. The van der Waals surface area contributed by atoms with Gasteiger partial charge >= 0.3 is 0 Å². The van der Waals surface area contributed by atoms with Gasteiger partial charge in [-0.15, -0.1) is 0 Å². The van der Waals surface area contributed by atoms with Crippen LogP contribution in [-0.4, -0.2) is 12.3 Å². The Hall–Kier alpha value is -1.49. The van der Waals surface area contributed by atoms with E-state index in [2.05, 4.69) is 47.9 Å². The Bertz CT molecular complexity index is 600. The molecule has 1 aromatic carbocycles. The number of nitrogen functional groups attached to an aromatic ring is 1. The fourth-order valence-corrected chi connectivity index (χ4v) is 2.43. The van der Waals surface area contributed by atoms with E-state index in [1.807, 2.05) is 6.07 Å². The highest BCUT2D eigenvalue weighted by Gasteiger charge is 2.24. The van der Waals surface area contributed by atoms with Gasteiger partial charge in [-0.1, -0.05) is 41.9 Å². The van der Waals surface area contributed by atoms with Gasteiger partial charge in [-0.3, -0.25) is 0 Å². The molecule has 0 amide bonds. The predicted octanol–water partition coefficient (Wildman–Crippen LogP) is 3.99. The summed E-state index contributed by atoms with van der Waals surface area (Å²) in [7, 11) is 1.65. The van der Waals surface area contributed by atoms with E-state index >= 15 is 0 Å². The van der Waals surface area contributed by atoms with Crippen molar-refractivity contribution in [3.63, 3.8) is 0 Å². The molecule has 4 nitrogen and oxygen atoms in total. The fraction of sp³-hybridized carbons (Fsp3) is 0.357. The lowest BCUT2D eigenvalue weighted by Gasteiger charge is -2.23. The zero-order valence-electron chi connectivity index (χ0n) is 11.5. The molecule has 0 atom stereocenters. The van der Waals surface area contributed by atoms with Gasteiger partial charge in [-0.05, 0) is 17.5 Å². The number of anilines is 1. The Labute approximate surface area is 121 Å². The highest BCUT2D eigenvalue weighted by molar-refractivity contribution is 9.10. The minimum absolute atomic E-state index is 0.0462. The summed E-state index contributed by atoms with van der Waals surface area (Å²) >= 11 is 3.52. The third kappa shape index (κ3) is 2.76. The zero-order chi connectivity index (χ0) is 14.2. The van der Waals surface area contributed by atoms with Gasteiger partial charge in [-0.25, -0.2) is 0 Å². The number of hydrogen-bond donors (Lipinski definition) is 1. The Morgan fingerprint density at radius 3 is 2.42 bits per heavy atom. The van der Waals surface area contributed by atoms with Crippen LogP contribution in [0.2, 0.25) is 0 Å². The van der Waals surface area contributed by atoms with Crippen molar-refractivity contribution in [2.75, 3.05) is 12.8 Å². The molecule has 0 saturated heterocycles. The number of nitrogens with zero attached hydrogens (tertiary/aromatic N) is 1. The maximum absolute atomic E-state index is 5.61. The molecule has 1 aromatic heterocycles. The molecule has 0 saturated carbocycles. The van der Waals surface area contributed by atoms with Crippen molar-refractivity contribution in [3.8, 4) is 17.1 Å². The second-order valence-corrected chi connectivity index (χ2v) is 6.32. The van der Waals surface area contributed by atoms with Gasteiger partial charge in [-0.2, -0.15) is 0 Å². The van der Waals surface area contributed by atoms with Gasteiger partial charge in [0.1, 0.15) is 5.75 Å². The Kier molecular flexibility index (Phi) is 3.58. The molecular weight excluding hydrogens is 308 g/mol. The van der Waals surface area contributed by atoms with E-state index < -0.39 is 0 Å². The van der Waals surface area contributed by atoms with Crippen molar-refractivity contribution in [2.24, 2.45) is 0 Å². The summed E-state index contributed by atoms with van der Waals surface area (Å²) in [5.41, 5.74) is 7.50. The van der Waals surface area contributed by atoms with Crippen LogP contribution in [0, 0.1) is 0 Å². The third-order valence-electron chi connectivity index (χ3n) is 2.86. The molecule has 102 valence electrons. The van der Waals surface area contributed by atoms with Crippen LogP contribution in [0.25, 0.3) is 11.3 Å². The first-order valence-electron chi connectivity index (χ1n) is 5.93. The van der Waals surface area contributed by atoms with Crippen LogP contribution in [0.4, 0.5) is 5.82 Å². The number of aromatic nitrogens is 1. The van der Waals surface area contributed by atoms with Crippen LogP contribution < -0.4 is 10.5 Å². The molecule has 2 aromatic rings. The van der Waals surface area contributed by atoms with Gasteiger partial charge in [0, 0.05) is 16.1 Å². The molecule has 2 N–H and O–H groups in total. The van der Waals surface area contributed by atoms with Crippen molar-refractivity contribution in [1.82, 2.24) is 5.16 Å². The maximum atomic E-state index is 5.61. The van der Waals surface area contributed by atoms with Crippen LogP contribution in [0.15, 0.2) is 27.2 Å². The lowest BCUT2D eigenvalue weighted by atomic mass is 9.85. The average Bonchev–Trinajstić information content (AvgIpc) is 2.73. The molecule has 0 aliphatic carbocycles. The monoisotopic (exact) mass is 324 g/mol. The molecule has 0 bridgehead atoms. The second-order valence-electron chi connectivity index (χ2n) is 5.40. The van der Waals surface area contributed by atoms with Gasteiger partial charge in [0.15, 0.2) is 11.6 Å². The molecule has 0 radical (unpaired) electrons. The molecule has 0 aliphatic heterocycles. The Morgan fingerprint density at radius 2 is 1.95 bits per heavy atom. The molecular formula is C14H17BrN2O2. The van der Waals surface area contributed by atoms with E-state index in [4.69, 9.17) is 15.0 Å². The minimum Gasteiger partial charge on any atom is -0.496 e. The number of ether oxygens (including phenoxy) is 1. The summed E-state index contributed by atoms with van der Waals surface area (Å²) in [6, 6.07) is 5.69. The normalized spacial score (nSPS) is 11.6. The predicted molar refractivity (Wildman–Crippen MR) is 79.3 cm³/mol. The smallest absolute Gasteiger partial charge is 0.172 e. The zero-order valence-corrected chi connectivity index (χ0v) is 13.0. The van der Waals surface area contributed by atoms with Crippen LogP contribution in [0.1, 0.15) is 26.3 Å². The minimum atomic E-state index is -0.0462. The summed E-state index contributed by atoms with van der Waals surface area (Å²) in [4.78, 5) is 0. The van der Waals surface area contributed by atoms with E-state index in [1.165, 1.54) is 0 Å². The van der Waals surface area contributed by atoms with E-state index in [9.17, 15) is 0 Å². The number of halogens is 1. The van der Waals surface area contributed by atoms with Crippen molar-refractivity contribution >= 4 is 21.7 Å². The summed E-state index contributed by atoms with van der Waals surface area (Å²) < 4.78 is 11.8. The first-order chi connectivity index (χ1) is 8.82. The lowest BCUT2D eigenvalue weighted by Crippen LogP contribution is -2.13. The summed E-state index contributed by atoms with van der Waals surface area (Å²) in [6.07, 6.45) is 0. The summed E-state index contributed by atoms with van der Waals surface area (Å²) in [5, 5.41) is 3.72. The SMILES string of the molecule is COc1c(-c2cc(N)no2)cc(Br)cc1C(C)(C)C. The molecule has 0 unspecified atom stereocenters. The number of rotatable bonds is 2. The Balaban J connectivity index is 2.70. The first kappa shape index (κ1) is 13.9. The largest absolute Gasteiger partial charge is 0.496 e. The maximum Gasteiger partial charge on any atom is 0.172 e. The molecule has 0 spiro atoms. The van der Waals surface area contributed by atoms with Gasteiger partial charge in [0.2, 0.25) is 0 Å². The van der Waals surface area contributed by atoms with E-state index in [-0.39, 0.29) is 5.41 Å². The fourth-order valence-electron chi connectivity index (χ4n) is 1.97. The third-order valence-corrected chi connectivity index (χ3v) is 3.32. The van der Waals surface area contributed by atoms with Gasteiger partial charge in [0.05, 0.1) is 12.7 Å². The van der Waals surface area contributed by atoms with Crippen molar-refractivity contribution < 1.29 is 9.26 Å². The number of nitrogens with two attached hydrogens (primary N) is 1. The number of methoxy groups -OCH3 is 1. The van der Waals surface area contributed by atoms with Crippen molar-refractivity contribution in [1.29, 1.82) is 0 Å². The highest BCUT2D eigenvalue weighted by Crippen LogP contribution is 2.41. The van der Waals surface area contributed by atoms with E-state index in [0.29, 0.717) is 11.6 Å². The van der Waals surface area contributed by atoms with Crippen LogP contribution in [0.3, 0.4) is 0 Å². The quantitative estimate of drug-likeness (QED) is 0.907. The van der Waals surface area contributed by atoms with Crippen molar-refractivity contribution in [2.45, 2.75) is 26.2 Å². The molecule has 2 rings (SSSR count). The highest BCUT2D eigenvalue weighted by atomic mass is 79.9. The van der Waals surface area contributed by atoms with E-state index in [0.717, 1.165) is 21.3 Å². The summed E-state index contributed by atoms with van der Waals surface area (Å²) in [5.74, 6) is 1.74. The van der Waals surface area contributed by atoms with E-state index in [1.54, 1.807) is 13.2 Å². The number of benzene rings is 1. The number of hydrogen-bond acceptors (Lipinski definition) is 4. The second kappa shape index (κ2) is 4.89. The molecule has 1 heterocycles. The topological polar surface area (TPSA) is 61.3 Å². The average molecular weight is 325 g/mol.